The molecule has 74 valence electrons. The molecule has 0 fully saturated rings. The van der Waals surface area contributed by atoms with Crippen molar-refractivity contribution in [3.05, 3.63) is 5.82 Å². The van der Waals surface area contributed by atoms with Crippen LogP contribution in [0.4, 0.5) is 5.95 Å². The predicted molar refractivity (Wildman–Crippen MR) is 44.9 cm³/mol. The summed E-state index contributed by atoms with van der Waals surface area (Å²) in [5.41, 5.74) is 5.30. The summed E-state index contributed by atoms with van der Waals surface area (Å²) in [5, 5.41) is 18.4. The van der Waals surface area contributed by atoms with Gasteiger partial charge in [-0.3, -0.25) is 5.10 Å². The van der Waals surface area contributed by atoms with Gasteiger partial charge in [-0.25, -0.2) is 0 Å². The van der Waals surface area contributed by atoms with Crippen LogP contribution in [0.2, 0.25) is 0 Å². The van der Waals surface area contributed by atoms with Crippen molar-refractivity contribution < 1.29 is 9.63 Å². The minimum atomic E-state index is -0.0302. The van der Waals surface area contributed by atoms with Crippen molar-refractivity contribution in [3.63, 3.8) is 0 Å². The summed E-state index contributed by atoms with van der Waals surface area (Å²) in [4.78, 5) is 7.76. The topological polar surface area (TPSA) is 127 Å². The van der Waals surface area contributed by atoms with Gasteiger partial charge in [0.1, 0.15) is 0 Å². The normalized spacial score (nSPS) is 10.6. The molecule has 0 aromatic carbocycles. The summed E-state index contributed by atoms with van der Waals surface area (Å²) in [6, 6.07) is 0. The highest BCUT2D eigenvalue weighted by atomic mass is 16.5. The fourth-order valence-corrected chi connectivity index (χ4v) is 0.922. The number of nitrogen functional groups attached to an aromatic ring is 1. The largest absolute Gasteiger partial charge is 0.396 e. The van der Waals surface area contributed by atoms with E-state index in [0.717, 1.165) is 0 Å². The monoisotopic (exact) mass is 196 g/mol. The van der Waals surface area contributed by atoms with E-state index in [9.17, 15) is 0 Å². The summed E-state index contributed by atoms with van der Waals surface area (Å²) >= 11 is 0. The molecule has 0 spiro atoms. The molecule has 2 aromatic heterocycles. The van der Waals surface area contributed by atoms with Gasteiger partial charge in [-0.15, -0.1) is 5.10 Å². The zero-order valence-corrected chi connectivity index (χ0v) is 7.14. The average Bonchev–Trinajstić information content (AvgIpc) is 2.74. The molecule has 0 saturated heterocycles. The van der Waals surface area contributed by atoms with Gasteiger partial charge in [-0.05, 0) is 0 Å². The molecule has 0 aliphatic rings. The Morgan fingerprint density at radius 2 is 2.29 bits per heavy atom. The second-order valence-corrected chi connectivity index (χ2v) is 2.53. The molecule has 0 radical (unpaired) electrons. The average molecular weight is 196 g/mol. The Hall–Kier alpha value is -1.96. The van der Waals surface area contributed by atoms with Gasteiger partial charge in [0.2, 0.25) is 11.8 Å². The number of nitrogens with one attached hydrogen (secondary N) is 1. The first kappa shape index (κ1) is 8.63. The Kier molecular flexibility index (Phi) is 2.11. The van der Waals surface area contributed by atoms with E-state index in [1.807, 2.05) is 0 Å². The van der Waals surface area contributed by atoms with Crippen molar-refractivity contribution in [3.8, 4) is 11.7 Å². The van der Waals surface area contributed by atoms with Gasteiger partial charge in [0.15, 0.2) is 5.82 Å². The van der Waals surface area contributed by atoms with Gasteiger partial charge in [-0.2, -0.15) is 9.97 Å². The molecule has 0 aliphatic heterocycles. The molecule has 2 rings (SSSR count). The predicted octanol–water partition coefficient (Wildman–Crippen LogP) is -1.03. The van der Waals surface area contributed by atoms with E-state index in [1.165, 1.54) is 0 Å². The summed E-state index contributed by atoms with van der Waals surface area (Å²) in [7, 11) is 0. The quantitative estimate of drug-likeness (QED) is 0.572. The van der Waals surface area contributed by atoms with Crippen LogP contribution >= 0.6 is 0 Å². The molecule has 8 nitrogen and oxygen atoms in total. The number of aromatic nitrogens is 5. The van der Waals surface area contributed by atoms with E-state index in [-0.39, 0.29) is 18.4 Å². The van der Waals surface area contributed by atoms with Gasteiger partial charge in [0, 0.05) is 6.42 Å². The first-order valence-corrected chi connectivity index (χ1v) is 3.91. The van der Waals surface area contributed by atoms with Gasteiger partial charge in [0.05, 0.1) is 6.61 Å². The van der Waals surface area contributed by atoms with Crippen LogP contribution in [0.3, 0.4) is 0 Å². The van der Waals surface area contributed by atoms with Crippen LogP contribution in [-0.2, 0) is 6.42 Å². The number of aliphatic hydroxyl groups excluding tert-OH is 1. The standard InChI is InChI=1S/C6H8N6O2/c7-6-9-4(10-11-6)5-8-3(1-2-13)12-14-5/h13H,1-2H2,(H3,7,9,10,11). The maximum atomic E-state index is 8.63. The molecular weight excluding hydrogens is 188 g/mol. The number of H-pyrrole nitrogens is 1. The van der Waals surface area contributed by atoms with Gasteiger partial charge in [-0.1, -0.05) is 5.16 Å². The molecule has 2 aromatic rings. The molecule has 0 aliphatic carbocycles. The van der Waals surface area contributed by atoms with Crippen LogP contribution in [-0.4, -0.2) is 37.0 Å². The van der Waals surface area contributed by atoms with Crippen molar-refractivity contribution in [1.29, 1.82) is 0 Å². The van der Waals surface area contributed by atoms with Gasteiger partial charge in [0.25, 0.3) is 5.89 Å². The number of aliphatic hydroxyl groups is 1. The van der Waals surface area contributed by atoms with E-state index in [2.05, 4.69) is 25.3 Å². The molecule has 2 heterocycles. The zero-order chi connectivity index (χ0) is 9.97. The van der Waals surface area contributed by atoms with E-state index in [1.54, 1.807) is 0 Å². The highest BCUT2D eigenvalue weighted by Gasteiger charge is 2.11. The molecule has 14 heavy (non-hydrogen) atoms. The van der Waals surface area contributed by atoms with Crippen LogP contribution in [0.15, 0.2) is 4.52 Å². The van der Waals surface area contributed by atoms with Crippen LogP contribution < -0.4 is 5.73 Å². The van der Waals surface area contributed by atoms with E-state index >= 15 is 0 Å². The Labute approximate surface area is 78.2 Å². The first-order valence-electron chi connectivity index (χ1n) is 3.91. The number of aromatic amines is 1. The maximum absolute atomic E-state index is 8.63. The number of anilines is 1. The summed E-state index contributed by atoms with van der Waals surface area (Å²) < 4.78 is 4.86. The Morgan fingerprint density at radius 1 is 1.43 bits per heavy atom. The van der Waals surface area contributed by atoms with Crippen molar-refractivity contribution in [2.24, 2.45) is 0 Å². The zero-order valence-electron chi connectivity index (χ0n) is 7.14. The Balaban J connectivity index is 2.24. The van der Waals surface area contributed by atoms with Gasteiger partial charge >= 0.3 is 0 Å². The van der Waals surface area contributed by atoms with E-state index < -0.39 is 0 Å². The fraction of sp³-hybridized carbons (Fsp3) is 0.333. The highest BCUT2D eigenvalue weighted by molar-refractivity contribution is 5.41. The summed E-state index contributed by atoms with van der Waals surface area (Å²) in [5.74, 6) is 1.05. The lowest BCUT2D eigenvalue weighted by atomic mass is 10.4. The lowest BCUT2D eigenvalue weighted by Gasteiger charge is -1.83. The number of nitrogens with two attached hydrogens (primary N) is 1. The summed E-state index contributed by atoms with van der Waals surface area (Å²) in [6.07, 6.45) is 0.340. The third-order valence-electron chi connectivity index (χ3n) is 1.51. The third-order valence-corrected chi connectivity index (χ3v) is 1.51. The summed E-state index contributed by atoms with van der Waals surface area (Å²) in [6.45, 7) is -0.0302. The molecule has 8 heteroatoms. The lowest BCUT2D eigenvalue weighted by Crippen LogP contribution is -1.92. The smallest absolute Gasteiger partial charge is 0.295 e. The molecule has 4 N–H and O–H groups in total. The molecule has 0 unspecified atom stereocenters. The lowest BCUT2D eigenvalue weighted by molar-refractivity contribution is 0.293. The SMILES string of the molecule is Nc1n[nH]c(-c2nc(CCO)no2)n1. The highest BCUT2D eigenvalue weighted by Crippen LogP contribution is 2.11. The van der Waals surface area contributed by atoms with E-state index in [4.69, 9.17) is 15.4 Å². The second kappa shape index (κ2) is 3.42. The molecule has 0 saturated carbocycles. The van der Waals surface area contributed by atoms with Crippen LogP contribution in [0.5, 0.6) is 0 Å². The molecular formula is C6H8N6O2. The minimum absolute atomic E-state index is 0.0302. The number of hydrogen-bond acceptors (Lipinski definition) is 7. The van der Waals surface area contributed by atoms with Crippen LogP contribution in [0, 0.1) is 0 Å². The van der Waals surface area contributed by atoms with Crippen molar-refractivity contribution in [2.45, 2.75) is 6.42 Å². The fourth-order valence-electron chi connectivity index (χ4n) is 0.922. The number of nitrogens with zero attached hydrogens (tertiary/aromatic N) is 4. The van der Waals surface area contributed by atoms with E-state index in [0.29, 0.717) is 18.1 Å². The number of hydrogen-bond donors (Lipinski definition) is 3. The first-order chi connectivity index (χ1) is 6.79. The Bertz CT molecular complexity index is 421. The third kappa shape index (κ3) is 1.55. The van der Waals surface area contributed by atoms with Crippen molar-refractivity contribution in [1.82, 2.24) is 25.3 Å². The maximum Gasteiger partial charge on any atom is 0.295 e. The minimum Gasteiger partial charge on any atom is -0.396 e. The van der Waals surface area contributed by atoms with Crippen LogP contribution in [0.1, 0.15) is 5.82 Å². The second-order valence-electron chi connectivity index (χ2n) is 2.53. The Morgan fingerprint density at radius 3 is 2.93 bits per heavy atom. The van der Waals surface area contributed by atoms with Crippen molar-refractivity contribution in [2.75, 3.05) is 12.3 Å². The number of rotatable bonds is 3. The molecule has 0 atom stereocenters. The van der Waals surface area contributed by atoms with Crippen molar-refractivity contribution >= 4 is 5.95 Å². The van der Waals surface area contributed by atoms with Crippen LogP contribution in [0.25, 0.3) is 11.7 Å². The molecule has 0 amide bonds. The molecule has 0 bridgehead atoms. The van der Waals surface area contributed by atoms with Gasteiger partial charge < -0.3 is 15.4 Å².